The smallest absolute Gasteiger partial charge is 0.162 e. The fourth-order valence-corrected chi connectivity index (χ4v) is 2.74. The molecule has 5 heteroatoms. The Morgan fingerprint density at radius 2 is 1.78 bits per heavy atom. The molecule has 3 rings (SSSR count). The Morgan fingerprint density at radius 3 is 2.44 bits per heavy atom. The number of nitrogens with zero attached hydrogens (tertiary/aromatic N) is 2. The lowest BCUT2D eigenvalue weighted by atomic mass is 10.0. The lowest BCUT2D eigenvalue weighted by molar-refractivity contribution is 0.509. The number of anilines is 1. The van der Waals surface area contributed by atoms with Crippen molar-refractivity contribution >= 4 is 22.3 Å². The second-order valence-corrected chi connectivity index (χ2v) is 5.86. The number of aromatic nitrogens is 2. The first-order valence-electron chi connectivity index (χ1n) is 8.48. The number of benzene rings is 2. The van der Waals surface area contributed by atoms with Crippen LogP contribution >= 0.6 is 0 Å². The third-order valence-corrected chi connectivity index (χ3v) is 4.13. The topological polar surface area (TPSA) is 37.8 Å². The number of allylic oxidation sites excluding steroid dienone is 5. The molecule has 1 aromatic heterocycles. The zero-order valence-electron chi connectivity index (χ0n) is 15.1. The molecule has 0 saturated carbocycles. The zero-order chi connectivity index (χ0) is 19.4. The normalized spacial score (nSPS) is 11.9. The Morgan fingerprint density at radius 1 is 1.04 bits per heavy atom. The maximum absolute atomic E-state index is 13.6. The van der Waals surface area contributed by atoms with Gasteiger partial charge in [-0.3, -0.25) is 0 Å². The van der Waals surface area contributed by atoms with Crippen LogP contribution in [0.4, 0.5) is 14.6 Å². The third kappa shape index (κ3) is 3.77. The van der Waals surface area contributed by atoms with Crippen molar-refractivity contribution in [3.63, 3.8) is 0 Å². The lowest BCUT2D eigenvalue weighted by Gasteiger charge is -2.10. The van der Waals surface area contributed by atoms with Gasteiger partial charge in [0.05, 0.1) is 5.52 Å². The first-order chi connectivity index (χ1) is 13.1. The monoisotopic (exact) mass is 363 g/mol. The molecule has 136 valence electrons. The summed E-state index contributed by atoms with van der Waals surface area (Å²) in [6.07, 6.45) is 7.41. The maximum Gasteiger partial charge on any atom is 0.162 e. The first-order valence-corrected chi connectivity index (χ1v) is 8.48. The number of rotatable bonds is 5. The summed E-state index contributed by atoms with van der Waals surface area (Å²) in [4.78, 5) is 9.20. The average Bonchev–Trinajstić information content (AvgIpc) is 2.69. The minimum atomic E-state index is -0.877. The summed E-state index contributed by atoms with van der Waals surface area (Å²) >= 11 is 0. The summed E-state index contributed by atoms with van der Waals surface area (Å²) in [6.45, 7) is 5.75. The van der Waals surface area contributed by atoms with Crippen LogP contribution < -0.4 is 5.32 Å². The van der Waals surface area contributed by atoms with Crippen molar-refractivity contribution < 1.29 is 8.78 Å². The van der Waals surface area contributed by atoms with Gasteiger partial charge in [0.25, 0.3) is 0 Å². The molecule has 0 amide bonds. The summed E-state index contributed by atoms with van der Waals surface area (Å²) in [5, 5.41) is 3.87. The van der Waals surface area contributed by atoms with E-state index >= 15 is 0 Å². The molecule has 1 heterocycles. The van der Waals surface area contributed by atoms with Gasteiger partial charge in [-0.1, -0.05) is 43.0 Å². The molecule has 27 heavy (non-hydrogen) atoms. The Bertz CT molecular complexity index is 1070. The Balaban J connectivity index is 2.16. The van der Waals surface area contributed by atoms with Gasteiger partial charge < -0.3 is 5.32 Å². The first kappa shape index (κ1) is 18.5. The van der Waals surface area contributed by atoms with Gasteiger partial charge in [-0.05, 0) is 42.3 Å². The van der Waals surface area contributed by atoms with E-state index in [2.05, 4.69) is 21.9 Å². The molecule has 3 aromatic rings. The zero-order valence-corrected chi connectivity index (χ0v) is 15.1. The number of hydrogen-bond donors (Lipinski definition) is 1. The van der Waals surface area contributed by atoms with Gasteiger partial charge in [-0.2, -0.15) is 0 Å². The number of halogens is 2. The van der Waals surface area contributed by atoms with E-state index in [9.17, 15) is 8.78 Å². The van der Waals surface area contributed by atoms with E-state index in [1.807, 2.05) is 43.4 Å². The van der Waals surface area contributed by atoms with Crippen molar-refractivity contribution in [3.05, 3.63) is 84.7 Å². The molecule has 1 N–H and O–H groups in total. The molecule has 0 aliphatic carbocycles. The van der Waals surface area contributed by atoms with Crippen LogP contribution in [-0.4, -0.2) is 17.0 Å². The number of hydrogen-bond acceptors (Lipinski definition) is 3. The van der Waals surface area contributed by atoms with Crippen LogP contribution in [-0.2, 0) is 0 Å². The van der Waals surface area contributed by atoms with Gasteiger partial charge in [0.2, 0.25) is 0 Å². The van der Waals surface area contributed by atoms with Crippen molar-refractivity contribution in [1.29, 1.82) is 0 Å². The molecule has 0 bridgehead atoms. The largest absolute Gasteiger partial charge is 0.373 e. The predicted octanol–water partition coefficient (Wildman–Crippen LogP) is 5.76. The summed E-state index contributed by atoms with van der Waals surface area (Å²) in [5.74, 6) is -0.542. The SMILES string of the molecule is C=C/C(=C\C=C/C)c1nc(NC)c2cc(-c3ccc(F)c(F)c3)ccc2n1. The predicted molar refractivity (Wildman–Crippen MR) is 107 cm³/mol. The van der Waals surface area contributed by atoms with Crippen LogP contribution in [0, 0.1) is 11.6 Å². The summed E-state index contributed by atoms with van der Waals surface area (Å²) in [5.41, 5.74) is 2.88. The van der Waals surface area contributed by atoms with Crippen LogP contribution in [0.5, 0.6) is 0 Å². The second kappa shape index (κ2) is 7.91. The van der Waals surface area contributed by atoms with Crippen LogP contribution in [0.3, 0.4) is 0 Å². The summed E-state index contributed by atoms with van der Waals surface area (Å²) in [6, 6.07) is 9.38. The molecular formula is C22H19F2N3. The highest BCUT2D eigenvalue weighted by Crippen LogP contribution is 2.29. The van der Waals surface area contributed by atoms with Gasteiger partial charge in [0.15, 0.2) is 17.5 Å². The Hall–Kier alpha value is -3.34. The molecular weight excluding hydrogens is 344 g/mol. The van der Waals surface area contributed by atoms with E-state index in [4.69, 9.17) is 0 Å². The van der Waals surface area contributed by atoms with Gasteiger partial charge in [0.1, 0.15) is 5.82 Å². The standard InChI is InChI=1S/C22H19F2N3/c1-4-6-7-14(5-2)21-26-20-11-9-15(12-17(20)22(25-3)27-21)16-8-10-18(23)19(24)13-16/h4-13H,2H2,1,3H3,(H,25,26,27)/b6-4-,14-7+. The molecule has 0 atom stereocenters. The molecule has 0 spiro atoms. The highest BCUT2D eigenvalue weighted by Gasteiger charge is 2.11. The van der Waals surface area contributed by atoms with Crippen LogP contribution in [0.2, 0.25) is 0 Å². The van der Waals surface area contributed by atoms with E-state index in [0.29, 0.717) is 17.2 Å². The van der Waals surface area contributed by atoms with Crippen LogP contribution in [0.25, 0.3) is 27.6 Å². The van der Waals surface area contributed by atoms with Crippen molar-refractivity contribution in [1.82, 2.24) is 9.97 Å². The van der Waals surface area contributed by atoms with Crippen molar-refractivity contribution in [2.75, 3.05) is 12.4 Å². The lowest BCUT2D eigenvalue weighted by Crippen LogP contribution is -2.01. The van der Waals surface area contributed by atoms with Gasteiger partial charge >= 0.3 is 0 Å². The van der Waals surface area contributed by atoms with Crippen LogP contribution in [0.15, 0.2) is 67.3 Å². The molecule has 0 aliphatic rings. The minimum absolute atomic E-state index is 0.556. The van der Waals surface area contributed by atoms with Crippen LogP contribution in [0.1, 0.15) is 12.7 Å². The third-order valence-electron chi connectivity index (χ3n) is 4.13. The van der Waals surface area contributed by atoms with E-state index in [-0.39, 0.29) is 0 Å². The quantitative estimate of drug-likeness (QED) is 0.586. The molecule has 0 saturated heterocycles. The highest BCUT2D eigenvalue weighted by atomic mass is 19.2. The molecule has 0 aliphatic heterocycles. The summed E-state index contributed by atoms with van der Waals surface area (Å²) in [7, 11) is 1.78. The number of nitrogens with one attached hydrogen (secondary N) is 1. The van der Waals surface area contributed by atoms with Crippen molar-refractivity contribution in [2.24, 2.45) is 0 Å². The van der Waals surface area contributed by atoms with Gasteiger partial charge in [-0.25, -0.2) is 18.7 Å². The van der Waals surface area contributed by atoms with Gasteiger partial charge in [0, 0.05) is 18.0 Å². The summed E-state index contributed by atoms with van der Waals surface area (Å²) < 4.78 is 26.8. The molecule has 0 fully saturated rings. The van der Waals surface area contributed by atoms with Gasteiger partial charge in [-0.15, -0.1) is 0 Å². The highest BCUT2D eigenvalue weighted by molar-refractivity contribution is 5.94. The molecule has 0 radical (unpaired) electrons. The van der Waals surface area contributed by atoms with E-state index in [1.54, 1.807) is 19.2 Å². The maximum atomic E-state index is 13.6. The molecule has 3 nitrogen and oxygen atoms in total. The van der Waals surface area contributed by atoms with Crippen molar-refractivity contribution in [3.8, 4) is 11.1 Å². The number of fused-ring (bicyclic) bond motifs is 1. The van der Waals surface area contributed by atoms with E-state index in [0.717, 1.165) is 28.1 Å². The minimum Gasteiger partial charge on any atom is -0.373 e. The average molecular weight is 363 g/mol. The fraction of sp³-hybridized carbons (Fsp3) is 0.0909. The van der Waals surface area contributed by atoms with E-state index < -0.39 is 11.6 Å². The fourth-order valence-electron chi connectivity index (χ4n) is 2.74. The van der Waals surface area contributed by atoms with Crippen molar-refractivity contribution in [2.45, 2.75) is 6.92 Å². The second-order valence-electron chi connectivity index (χ2n) is 5.86. The Labute approximate surface area is 156 Å². The molecule has 2 aromatic carbocycles. The van der Waals surface area contributed by atoms with E-state index in [1.165, 1.54) is 6.07 Å². The molecule has 0 unspecified atom stereocenters. The Kier molecular flexibility index (Phi) is 5.41.